The highest BCUT2D eigenvalue weighted by Crippen LogP contribution is 2.36. The van der Waals surface area contributed by atoms with Gasteiger partial charge in [0.2, 0.25) is 0 Å². The minimum absolute atomic E-state index is 0.0729. The molecule has 120 valence electrons. The molecule has 0 aromatic heterocycles. The van der Waals surface area contributed by atoms with E-state index in [-0.39, 0.29) is 11.6 Å². The molecular formula is C17H22F2N2O. The first-order valence-corrected chi connectivity index (χ1v) is 7.77. The number of piperidine rings is 1. The summed E-state index contributed by atoms with van der Waals surface area (Å²) in [6.45, 7) is 7.37. The van der Waals surface area contributed by atoms with Crippen molar-refractivity contribution in [3.05, 3.63) is 41.5 Å². The number of hydrogen-bond donors (Lipinski definition) is 2. The number of likely N-dealkylation sites (tertiary alicyclic amines) is 1. The van der Waals surface area contributed by atoms with Crippen molar-refractivity contribution in [3.63, 3.8) is 0 Å². The Morgan fingerprint density at radius 3 is 2.73 bits per heavy atom. The van der Waals surface area contributed by atoms with Gasteiger partial charge in [0.15, 0.2) is 11.6 Å². The molecule has 2 N–H and O–H groups in total. The fraction of sp³-hybridized carbons (Fsp3) is 0.529. The maximum atomic E-state index is 14.0. The molecule has 1 aromatic carbocycles. The van der Waals surface area contributed by atoms with Crippen LogP contribution in [0.15, 0.2) is 18.7 Å². The highest BCUT2D eigenvalue weighted by molar-refractivity contribution is 5.66. The predicted octanol–water partition coefficient (Wildman–Crippen LogP) is 2.43. The van der Waals surface area contributed by atoms with E-state index in [0.717, 1.165) is 31.9 Å². The zero-order chi connectivity index (χ0) is 15.9. The van der Waals surface area contributed by atoms with Gasteiger partial charge in [-0.15, -0.1) is 0 Å². The van der Waals surface area contributed by atoms with Crippen LogP contribution in [-0.4, -0.2) is 41.3 Å². The molecule has 0 aliphatic carbocycles. The van der Waals surface area contributed by atoms with E-state index in [2.05, 4.69) is 11.9 Å². The molecular weight excluding hydrogens is 286 g/mol. The summed E-state index contributed by atoms with van der Waals surface area (Å²) in [5, 5.41) is 14.0. The first-order valence-electron chi connectivity index (χ1n) is 7.77. The van der Waals surface area contributed by atoms with Crippen molar-refractivity contribution < 1.29 is 13.9 Å². The minimum Gasteiger partial charge on any atom is -0.385 e. The number of halogens is 2. The molecule has 22 heavy (non-hydrogen) atoms. The second kappa shape index (κ2) is 5.63. The van der Waals surface area contributed by atoms with Gasteiger partial charge in [0.25, 0.3) is 0 Å². The molecule has 2 aliphatic heterocycles. The summed E-state index contributed by atoms with van der Waals surface area (Å²) in [7, 11) is 0. The van der Waals surface area contributed by atoms with E-state index >= 15 is 0 Å². The minimum atomic E-state index is -0.869. The van der Waals surface area contributed by atoms with Crippen molar-refractivity contribution in [1.82, 2.24) is 10.2 Å². The second-order valence-corrected chi connectivity index (χ2v) is 6.46. The number of hydrogen-bond acceptors (Lipinski definition) is 3. The Morgan fingerprint density at radius 1 is 1.36 bits per heavy atom. The summed E-state index contributed by atoms with van der Waals surface area (Å²) < 4.78 is 27.5. The van der Waals surface area contributed by atoms with Gasteiger partial charge in [-0.05, 0) is 37.9 Å². The van der Waals surface area contributed by atoms with Crippen LogP contribution in [0.4, 0.5) is 8.78 Å². The van der Waals surface area contributed by atoms with Gasteiger partial charge in [-0.1, -0.05) is 19.1 Å². The number of nitrogens with one attached hydrogen (secondary N) is 1. The van der Waals surface area contributed by atoms with Gasteiger partial charge < -0.3 is 15.3 Å². The highest BCUT2D eigenvalue weighted by Gasteiger charge is 2.48. The van der Waals surface area contributed by atoms with Crippen molar-refractivity contribution in [2.45, 2.75) is 37.8 Å². The Hall–Kier alpha value is -1.46. The normalized spacial score (nSPS) is 24.0. The molecule has 0 unspecified atom stereocenters. The molecule has 2 fully saturated rings. The van der Waals surface area contributed by atoms with Crippen LogP contribution in [0, 0.1) is 18.6 Å². The average Bonchev–Trinajstić information content (AvgIpc) is 2.49. The molecule has 5 heteroatoms. The van der Waals surface area contributed by atoms with E-state index in [4.69, 9.17) is 0 Å². The largest absolute Gasteiger partial charge is 0.385 e. The fourth-order valence-corrected chi connectivity index (χ4v) is 3.50. The first-order chi connectivity index (χ1) is 10.4. The lowest BCUT2D eigenvalue weighted by molar-refractivity contribution is -0.101. The van der Waals surface area contributed by atoms with Crippen molar-refractivity contribution in [1.29, 1.82) is 0 Å². The highest BCUT2D eigenvalue weighted by atomic mass is 19.2. The number of β-amino-alcohol motifs (C(OH)–C–C–N with tert-alkyl or cyclic N) is 1. The molecule has 2 heterocycles. The van der Waals surface area contributed by atoms with Gasteiger partial charge in [0.05, 0.1) is 13.1 Å². The quantitative estimate of drug-likeness (QED) is 0.900. The molecule has 3 rings (SSSR count). The number of aryl methyl sites for hydroxylation is 1. The third-order valence-corrected chi connectivity index (χ3v) is 4.86. The Balaban J connectivity index is 1.73. The first kappa shape index (κ1) is 15.4. The Morgan fingerprint density at radius 2 is 2.09 bits per heavy atom. The molecule has 2 aliphatic rings. The zero-order valence-electron chi connectivity index (χ0n) is 12.8. The smallest absolute Gasteiger partial charge is 0.168 e. The average molecular weight is 308 g/mol. The maximum absolute atomic E-state index is 14.0. The fourth-order valence-electron chi connectivity index (χ4n) is 3.50. The van der Waals surface area contributed by atoms with Crippen LogP contribution in [0.25, 0.3) is 5.70 Å². The second-order valence-electron chi connectivity index (χ2n) is 6.46. The van der Waals surface area contributed by atoms with Crippen LogP contribution >= 0.6 is 0 Å². The van der Waals surface area contributed by atoms with E-state index in [9.17, 15) is 13.9 Å². The van der Waals surface area contributed by atoms with Crippen molar-refractivity contribution >= 4 is 5.70 Å². The lowest BCUT2D eigenvalue weighted by Crippen LogP contribution is -2.70. The molecule has 3 nitrogen and oxygen atoms in total. The number of nitrogens with zero attached hydrogens (tertiary/aromatic N) is 1. The monoisotopic (exact) mass is 308 g/mol. The van der Waals surface area contributed by atoms with Crippen molar-refractivity contribution in [3.8, 4) is 0 Å². The summed E-state index contributed by atoms with van der Waals surface area (Å²) in [6.07, 6.45) is 3.19. The van der Waals surface area contributed by atoms with Crippen LogP contribution < -0.4 is 5.32 Å². The molecule has 1 atom stereocenters. The third-order valence-electron chi connectivity index (χ3n) is 4.86. The summed E-state index contributed by atoms with van der Waals surface area (Å²) in [5.74, 6) is -1.73. The van der Waals surface area contributed by atoms with Crippen LogP contribution in [0.1, 0.15) is 30.4 Å². The maximum Gasteiger partial charge on any atom is 0.168 e. The van der Waals surface area contributed by atoms with Gasteiger partial charge in [-0.3, -0.25) is 0 Å². The van der Waals surface area contributed by atoms with Gasteiger partial charge in [-0.25, -0.2) is 8.78 Å². The number of aliphatic hydroxyl groups is 1. The molecule has 1 aromatic rings. The van der Waals surface area contributed by atoms with E-state index < -0.39 is 17.2 Å². The summed E-state index contributed by atoms with van der Waals surface area (Å²) in [5.41, 5.74) is 0.491. The van der Waals surface area contributed by atoms with Crippen LogP contribution in [0.3, 0.4) is 0 Å². The van der Waals surface area contributed by atoms with Gasteiger partial charge in [0, 0.05) is 17.3 Å². The van der Waals surface area contributed by atoms with Gasteiger partial charge in [-0.2, -0.15) is 0 Å². The van der Waals surface area contributed by atoms with Crippen LogP contribution in [-0.2, 0) is 0 Å². The lowest BCUT2D eigenvalue weighted by atomic mass is 9.81. The molecule has 0 saturated carbocycles. The molecule has 2 saturated heterocycles. The SMILES string of the molecule is C=C(c1c(C)ccc(F)c1F)N1CC(O)([C@@H]2CCCCN2)C1. The van der Waals surface area contributed by atoms with Crippen LogP contribution in [0.5, 0.6) is 0 Å². The van der Waals surface area contributed by atoms with Gasteiger partial charge >= 0.3 is 0 Å². The molecule has 0 radical (unpaired) electrons. The topological polar surface area (TPSA) is 35.5 Å². The standard InChI is InChI=1S/C17H22F2N2O/c1-11-6-7-13(18)16(19)15(11)12(2)21-9-17(22,10-21)14-5-3-4-8-20-14/h6-7,14,20,22H,2-5,8-10H2,1H3/t14-/m0/s1. The summed E-state index contributed by atoms with van der Waals surface area (Å²) in [6, 6.07) is 2.75. The third kappa shape index (κ3) is 2.52. The lowest BCUT2D eigenvalue weighted by Gasteiger charge is -2.53. The number of rotatable bonds is 3. The zero-order valence-corrected chi connectivity index (χ0v) is 12.8. The predicted molar refractivity (Wildman–Crippen MR) is 82.3 cm³/mol. The van der Waals surface area contributed by atoms with E-state index in [0.29, 0.717) is 24.4 Å². The van der Waals surface area contributed by atoms with Crippen LogP contribution in [0.2, 0.25) is 0 Å². The van der Waals surface area contributed by atoms with Gasteiger partial charge in [0.1, 0.15) is 5.60 Å². The Bertz CT molecular complexity index is 591. The molecule has 0 bridgehead atoms. The van der Waals surface area contributed by atoms with Crippen molar-refractivity contribution in [2.24, 2.45) is 0 Å². The summed E-state index contributed by atoms with van der Waals surface area (Å²) >= 11 is 0. The Kier molecular flexibility index (Phi) is 3.95. The van der Waals surface area contributed by atoms with E-state index in [1.54, 1.807) is 13.0 Å². The van der Waals surface area contributed by atoms with E-state index in [1.165, 1.54) is 0 Å². The molecule has 0 spiro atoms. The Labute approximate surface area is 129 Å². The molecule has 0 amide bonds. The summed E-state index contributed by atoms with van der Waals surface area (Å²) in [4.78, 5) is 1.82. The van der Waals surface area contributed by atoms with E-state index in [1.807, 2.05) is 4.90 Å². The number of benzene rings is 1. The van der Waals surface area contributed by atoms with Crippen molar-refractivity contribution in [2.75, 3.05) is 19.6 Å².